The van der Waals surface area contributed by atoms with Gasteiger partial charge in [-0.15, -0.1) is 16.4 Å². The molecule has 3 rings (SSSR count). The van der Waals surface area contributed by atoms with Crippen molar-refractivity contribution < 1.29 is 4.74 Å². The van der Waals surface area contributed by atoms with Crippen LogP contribution in [0.5, 0.6) is 5.75 Å². The molecule has 0 aliphatic carbocycles. The number of rotatable bonds is 6. The molecule has 0 atom stereocenters. The number of thioether (sulfide) groups is 1. The zero-order valence-electron chi connectivity index (χ0n) is 12.3. The van der Waals surface area contributed by atoms with E-state index in [1.807, 2.05) is 24.3 Å². The Labute approximate surface area is 137 Å². The molecule has 0 bridgehead atoms. The number of nitrogens with zero attached hydrogens (tertiary/aromatic N) is 2. The molecule has 114 valence electrons. The summed E-state index contributed by atoms with van der Waals surface area (Å²) in [5.41, 5.74) is 2.17. The number of benzene rings is 1. The monoisotopic (exact) mass is 332 g/mol. The van der Waals surface area contributed by atoms with Crippen molar-refractivity contribution in [2.75, 3.05) is 12.4 Å². The van der Waals surface area contributed by atoms with E-state index in [9.17, 15) is 0 Å². The number of nitrogens with one attached hydrogen (secondary N) is 2. The number of para-hydroxylation sites is 2. The molecule has 0 spiro atoms. The Morgan fingerprint density at radius 2 is 2.18 bits per heavy atom. The van der Waals surface area contributed by atoms with Gasteiger partial charge in [0, 0.05) is 10.6 Å². The first-order chi connectivity index (χ1) is 10.8. The highest BCUT2D eigenvalue weighted by Gasteiger charge is 2.08. The molecule has 0 fully saturated rings. The minimum Gasteiger partial charge on any atom is -0.495 e. The standard InChI is InChI=1S/C15H16N4OS2/c1-10-7-8-21-13(10)9-22-15-17-14(18-19-15)16-11-5-3-4-6-12(11)20-2/h3-8H,9H2,1-2H3,(H2,16,17,18,19). The minimum atomic E-state index is 0.537. The molecule has 0 aliphatic heterocycles. The van der Waals surface area contributed by atoms with Gasteiger partial charge in [-0.05, 0) is 36.1 Å². The molecule has 2 N–H and O–H groups in total. The lowest BCUT2D eigenvalue weighted by Gasteiger charge is -2.07. The average molecular weight is 332 g/mol. The number of aromatic amines is 1. The fraction of sp³-hybridized carbons (Fsp3) is 0.200. The maximum absolute atomic E-state index is 5.30. The molecule has 0 saturated carbocycles. The van der Waals surface area contributed by atoms with Gasteiger partial charge in [0.25, 0.3) is 0 Å². The molecule has 0 unspecified atom stereocenters. The first-order valence-corrected chi connectivity index (χ1v) is 8.61. The minimum absolute atomic E-state index is 0.537. The number of ether oxygens (including phenoxy) is 1. The summed E-state index contributed by atoms with van der Waals surface area (Å²) in [5.74, 6) is 2.19. The Bertz CT molecular complexity index is 753. The van der Waals surface area contributed by atoms with Gasteiger partial charge in [0.2, 0.25) is 5.95 Å². The quantitative estimate of drug-likeness (QED) is 0.662. The topological polar surface area (TPSA) is 62.8 Å². The van der Waals surface area contributed by atoms with Crippen LogP contribution in [-0.2, 0) is 5.75 Å². The zero-order chi connectivity index (χ0) is 15.4. The van der Waals surface area contributed by atoms with E-state index >= 15 is 0 Å². The van der Waals surface area contributed by atoms with Crippen LogP contribution >= 0.6 is 23.1 Å². The van der Waals surface area contributed by atoms with E-state index in [1.54, 1.807) is 30.2 Å². The van der Waals surface area contributed by atoms with Crippen molar-refractivity contribution in [1.29, 1.82) is 0 Å². The number of hydrogen-bond donors (Lipinski definition) is 2. The highest BCUT2D eigenvalue weighted by Crippen LogP contribution is 2.28. The fourth-order valence-corrected chi connectivity index (χ4v) is 3.82. The van der Waals surface area contributed by atoms with Crippen LogP contribution in [0.15, 0.2) is 40.9 Å². The van der Waals surface area contributed by atoms with Gasteiger partial charge >= 0.3 is 0 Å². The van der Waals surface area contributed by atoms with Crippen LogP contribution in [0.2, 0.25) is 0 Å². The number of H-pyrrole nitrogens is 1. The Kier molecular flexibility index (Phi) is 4.65. The number of anilines is 2. The second-order valence-electron chi connectivity index (χ2n) is 4.60. The van der Waals surface area contributed by atoms with Crippen LogP contribution in [0.25, 0.3) is 0 Å². The lowest BCUT2D eigenvalue weighted by molar-refractivity contribution is 0.417. The van der Waals surface area contributed by atoms with Gasteiger partial charge in [-0.2, -0.15) is 4.98 Å². The highest BCUT2D eigenvalue weighted by atomic mass is 32.2. The molecule has 0 aliphatic rings. The number of methoxy groups -OCH3 is 1. The van der Waals surface area contributed by atoms with E-state index in [2.05, 4.69) is 38.9 Å². The lowest BCUT2D eigenvalue weighted by Crippen LogP contribution is -1.95. The average Bonchev–Trinajstić information content (AvgIpc) is 3.15. The SMILES string of the molecule is COc1ccccc1Nc1n[nH]c(SCc2sccc2C)n1. The first kappa shape index (κ1) is 14.9. The van der Waals surface area contributed by atoms with Gasteiger partial charge < -0.3 is 10.1 Å². The smallest absolute Gasteiger partial charge is 0.247 e. The van der Waals surface area contributed by atoms with E-state index < -0.39 is 0 Å². The van der Waals surface area contributed by atoms with Gasteiger partial charge in [-0.1, -0.05) is 23.9 Å². The van der Waals surface area contributed by atoms with Gasteiger partial charge in [0.05, 0.1) is 12.8 Å². The van der Waals surface area contributed by atoms with Crippen LogP contribution in [0.3, 0.4) is 0 Å². The van der Waals surface area contributed by atoms with Crippen molar-refractivity contribution in [1.82, 2.24) is 15.2 Å². The molecule has 7 heteroatoms. The van der Waals surface area contributed by atoms with Crippen LogP contribution in [0, 0.1) is 6.92 Å². The van der Waals surface area contributed by atoms with Crippen LogP contribution in [-0.4, -0.2) is 22.3 Å². The zero-order valence-corrected chi connectivity index (χ0v) is 13.9. The summed E-state index contributed by atoms with van der Waals surface area (Å²) in [4.78, 5) is 5.81. The van der Waals surface area contributed by atoms with Crippen molar-refractivity contribution in [3.8, 4) is 5.75 Å². The Morgan fingerprint density at radius 3 is 2.95 bits per heavy atom. The molecule has 3 aromatic rings. The molecule has 0 radical (unpaired) electrons. The Hall–Kier alpha value is -1.99. The van der Waals surface area contributed by atoms with Gasteiger partial charge in [-0.25, -0.2) is 0 Å². The molecule has 5 nitrogen and oxygen atoms in total. The Balaban J connectivity index is 1.65. The largest absolute Gasteiger partial charge is 0.495 e. The number of aromatic nitrogens is 3. The third kappa shape index (κ3) is 3.42. The van der Waals surface area contributed by atoms with E-state index in [1.165, 1.54) is 10.4 Å². The molecule has 2 heterocycles. The third-order valence-corrected chi connectivity index (χ3v) is 5.22. The fourth-order valence-electron chi connectivity index (χ4n) is 1.92. The summed E-state index contributed by atoms with van der Waals surface area (Å²) in [6.07, 6.45) is 0. The summed E-state index contributed by atoms with van der Waals surface area (Å²) in [6, 6.07) is 9.82. The molecular formula is C15H16N4OS2. The maximum Gasteiger partial charge on any atom is 0.247 e. The van der Waals surface area contributed by atoms with Crippen molar-refractivity contribution in [3.63, 3.8) is 0 Å². The first-order valence-electron chi connectivity index (χ1n) is 6.74. The molecule has 22 heavy (non-hydrogen) atoms. The summed E-state index contributed by atoms with van der Waals surface area (Å²) < 4.78 is 5.30. The second-order valence-corrected chi connectivity index (χ2v) is 6.57. The predicted molar refractivity (Wildman–Crippen MR) is 91.3 cm³/mol. The summed E-state index contributed by atoms with van der Waals surface area (Å²) in [6.45, 7) is 2.13. The third-order valence-electron chi connectivity index (χ3n) is 3.13. The van der Waals surface area contributed by atoms with E-state index in [-0.39, 0.29) is 0 Å². The molecule has 0 saturated heterocycles. The van der Waals surface area contributed by atoms with Crippen molar-refractivity contribution >= 4 is 34.7 Å². The van der Waals surface area contributed by atoms with E-state index in [0.29, 0.717) is 5.95 Å². The van der Waals surface area contributed by atoms with Crippen molar-refractivity contribution in [2.45, 2.75) is 17.8 Å². The molecule has 2 aromatic heterocycles. The van der Waals surface area contributed by atoms with Crippen molar-refractivity contribution in [3.05, 3.63) is 46.2 Å². The molecule has 1 aromatic carbocycles. The summed E-state index contributed by atoms with van der Waals surface area (Å²) >= 11 is 3.41. The van der Waals surface area contributed by atoms with Crippen LogP contribution < -0.4 is 10.1 Å². The molecule has 0 amide bonds. The lowest BCUT2D eigenvalue weighted by atomic mass is 10.3. The summed E-state index contributed by atoms with van der Waals surface area (Å²) in [5, 5.41) is 13.2. The Morgan fingerprint density at radius 1 is 1.32 bits per heavy atom. The predicted octanol–water partition coefficient (Wildman–Crippen LogP) is 4.22. The van der Waals surface area contributed by atoms with Crippen LogP contribution in [0.1, 0.15) is 10.4 Å². The summed E-state index contributed by atoms with van der Waals surface area (Å²) in [7, 11) is 1.64. The van der Waals surface area contributed by atoms with Gasteiger partial charge in [0.1, 0.15) is 5.75 Å². The van der Waals surface area contributed by atoms with Crippen LogP contribution in [0.4, 0.5) is 11.6 Å². The number of thiophene rings is 1. The molecular weight excluding hydrogens is 316 g/mol. The number of aryl methyl sites for hydroxylation is 1. The van der Waals surface area contributed by atoms with E-state index in [4.69, 9.17) is 4.74 Å². The van der Waals surface area contributed by atoms with Gasteiger partial charge in [-0.3, -0.25) is 5.10 Å². The second kappa shape index (κ2) is 6.85. The van der Waals surface area contributed by atoms with Crippen molar-refractivity contribution in [2.24, 2.45) is 0 Å². The van der Waals surface area contributed by atoms with E-state index in [0.717, 1.165) is 22.3 Å². The highest BCUT2D eigenvalue weighted by molar-refractivity contribution is 7.98. The number of hydrogen-bond acceptors (Lipinski definition) is 6. The maximum atomic E-state index is 5.30. The normalized spacial score (nSPS) is 10.6. The van der Waals surface area contributed by atoms with Gasteiger partial charge in [0.15, 0.2) is 5.16 Å².